The number of aromatic nitrogens is 2. The summed E-state index contributed by atoms with van der Waals surface area (Å²) in [5.74, 6) is 1.50. The van der Waals surface area contributed by atoms with E-state index in [9.17, 15) is 9.18 Å². The zero-order valence-electron chi connectivity index (χ0n) is 19.6. The lowest BCUT2D eigenvalue weighted by Gasteiger charge is -2.37. The van der Waals surface area contributed by atoms with Crippen LogP contribution in [0.4, 0.5) is 21.8 Å². The van der Waals surface area contributed by atoms with Crippen molar-refractivity contribution in [3.8, 4) is 0 Å². The average molecular weight is 481 g/mol. The summed E-state index contributed by atoms with van der Waals surface area (Å²) < 4.78 is 14.2. The van der Waals surface area contributed by atoms with Gasteiger partial charge in [-0.25, -0.2) is 9.37 Å². The van der Waals surface area contributed by atoms with Crippen molar-refractivity contribution in [3.05, 3.63) is 63.7 Å². The molecule has 1 fully saturated rings. The maximum absolute atomic E-state index is 14.2. The summed E-state index contributed by atoms with van der Waals surface area (Å²) in [6, 6.07) is 10.7. The van der Waals surface area contributed by atoms with Crippen LogP contribution in [0.3, 0.4) is 0 Å². The van der Waals surface area contributed by atoms with Gasteiger partial charge in [0.25, 0.3) is 5.91 Å². The molecular weight excluding hydrogens is 451 g/mol. The molecule has 34 heavy (non-hydrogen) atoms. The number of para-hydroxylation sites is 1. The van der Waals surface area contributed by atoms with Gasteiger partial charge in [0.15, 0.2) is 0 Å². The minimum Gasteiger partial charge on any atom is -0.366 e. The fraction of sp³-hybridized carbons (Fsp3) is 0.400. The summed E-state index contributed by atoms with van der Waals surface area (Å²) in [6.07, 6.45) is 0.710. The van der Waals surface area contributed by atoms with Crippen molar-refractivity contribution >= 4 is 34.7 Å². The molecule has 2 aliphatic heterocycles. The van der Waals surface area contributed by atoms with Crippen LogP contribution in [0.2, 0.25) is 0 Å². The molecule has 2 aromatic heterocycles. The lowest BCUT2D eigenvalue weighted by atomic mass is 10.1. The first kappa shape index (κ1) is 22.6. The Morgan fingerprint density at radius 1 is 1.06 bits per heavy atom. The molecule has 0 radical (unpaired) electrons. The average Bonchev–Trinajstić information content (AvgIpc) is 3.42. The zero-order valence-corrected chi connectivity index (χ0v) is 20.4. The molecule has 7 nitrogen and oxygen atoms in total. The van der Waals surface area contributed by atoms with Crippen LogP contribution in [0.1, 0.15) is 27.9 Å². The largest absolute Gasteiger partial charge is 0.366 e. The summed E-state index contributed by atoms with van der Waals surface area (Å²) in [7, 11) is 2.03. The number of benzene rings is 1. The minimum atomic E-state index is -0.186. The number of carbonyl (C=O) groups excluding carboxylic acids is 1. The van der Waals surface area contributed by atoms with Crippen LogP contribution >= 0.6 is 11.3 Å². The third-order valence-electron chi connectivity index (χ3n) is 6.64. The van der Waals surface area contributed by atoms with Crippen molar-refractivity contribution < 1.29 is 9.18 Å². The second kappa shape index (κ2) is 9.58. The first-order valence-electron chi connectivity index (χ1n) is 11.7. The fourth-order valence-electron chi connectivity index (χ4n) is 4.58. The number of rotatable bonds is 5. The zero-order chi connectivity index (χ0) is 23.7. The lowest BCUT2D eigenvalue weighted by Crippen LogP contribution is -2.47. The first-order chi connectivity index (χ1) is 16.5. The molecule has 178 valence electrons. The van der Waals surface area contributed by atoms with E-state index in [4.69, 9.17) is 9.97 Å². The van der Waals surface area contributed by atoms with Gasteiger partial charge in [-0.1, -0.05) is 18.2 Å². The Balaban J connectivity index is 1.37. The van der Waals surface area contributed by atoms with Gasteiger partial charge >= 0.3 is 0 Å². The van der Waals surface area contributed by atoms with E-state index in [2.05, 4.69) is 21.6 Å². The first-order valence-corrected chi connectivity index (χ1v) is 12.6. The van der Waals surface area contributed by atoms with Gasteiger partial charge in [-0.05, 0) is 30.5 Å². The summed E-state index contributed by atoms with van der Waals surface area (Å²) in [5, 5.41) is 1.93. The Labute approximate surface area is 203 Å². The van der Waals surface area contributed by atoms with E-state index in [1.165, 1.54) is 17.4 Å². The van der Waals surface area contributed by atoms with E-state index in [0.29, 0.717) is 38.3 Å². The number of halogens is 1. The van der Waals surface area contributed by atoms with Crippen molar-refractivity contribution in [1.82, 2.24) is 14.9 Å². The van der Waals surface area contributed by atoms with E-state index in [0.717, 1.165) is 47.5 Å². The minimum absolute atomic E-state index is 0.0686. The van der Waals surface area contributed by atoms with Gasteiger partial charge in [0.05, 0.1) is 22.8 Å². The smallest absolute Gasteiger partial charge is 0.264 e. The van der Waals surface area contributed by atoms with Crippen molar-refractivity contribution in [2.45, 2.75) is 19.9 Å². The topological polar surface area (TPSA) is 55.8 Å². The number of fused-ring (bicyclic) bond motifs is 1. The maximum atomic E-state index is 14.2. The summed E-state index contributed by atoms with van der Waals surface area (Å²) >= 11 is 1.47. The second-order valence-corrected chi connectivity index (χ2v) is 9.61. The van der Waals surface area contributed by atoms with Crippen LogP contribution in [0, 0.1) is 5.82 Å². The van der Waals surface area contributed by atoms with Crippen LogP contribution in [0.25, 0.3) is 0 Å². The predicted octanol–water partition coefficient (Wildman–Crippen LogP) is 3.66. The lowest BCUT2D eigenvalue weighted by molar-refractivity contribution is 0.0738. The molecule has 0 bridgehead atoms. The summed E-state index contributed by atoms with van der Waals surface area (Å²) in [6.45, 7) is 6.95. The molecule has 0 unspecified atom stereocenters. The standard InChI is InChI=1S/C25H29FN6OS/c1-3-29(2)23-18-17-32(24(33)22-9-6-16-34-22)11-10-20(18)27-25(28-23)31-14-12-30(13-15-31)21-8-5-4-7-19(21)26/h4-9,16H,3,10-15,17H2,1-2H3. The highest BCUT2D eigenvalue weighted by atomic mass is 32.1. The highest BCUT2D eigenvalue weighted by Crippen LogP contribution is 2.30. The van der Waals surface area contributed by atoms with E-state index < -0.39 is 0 Å². The van der Waals surface area contributed by atoms with Crippen molar-refractivity contribution in [3.63, 3.8) is 0 Å². The van der Waals surface area contributed by atoms with E-state index in [1.54, 1.807) is 6.07 Å². The summed E-state index contributed by atoms with van der Waals surface area (Å²) in [5.41, 5.74) is 2.71. The Kier molecular flexibility index (Phi) is 6.36. The molecule has 1 saturated heterocycles. The Morgan fingerprint density at radius 2 is 1.82 bits per heavy atom. The third kappa shape index (κ3) is 4.32. The number of anilines is 3. The Bertz CT molecular complexity index is 1160. The Hall–Kier alpha value is -3.20. The van der Waals surface area contributed by atoms with Gasteiger partial charge in [-0.15, -0.1) is 11.3 Å². The highest BCUT2D eigenvalue weighted by Gasteiger charge is 2.29. The highest BCUT2D eigenvalue weighted by molar-refractivity contribution is 7.12. The van der Waals surface area contributed by atoms with Gasteiger partial charge in [0.1, 0.15) is 11.6 Å². The van der Waals surface area contributed by atoms with Crippen molar-refractivity contribution in [2.24, 2.45) is 0 Å². The van der Waals surface area contributed by atoms with Gasteiger partial charge < -0.3 is 19.6 Å². The molecule has 2 aliphatic rings. The van der Waals surface area contributed by atoms with Gasteiger partial charge in [0, 0.05) is 58.3 Å². The molecule has 0 spiro atoms. The predicted molar refractivity (Wildman–Crippen MR) is 135 cm³/mol. The molecule has 5 rings (SSSR count). The van der Waals surface area contributed by atoms with Gasteiger partial charge in [-0.3, -0.25) is 4.79 Å². The number of hydrogen-bond acceptors (Lipinski definition) is 7. The molecule has 0 N–H and O–H groups in total. The molecule has 3 aromatic rings. The maximum Gasteiger partial charge on any atom is 0.264 e. The third-order valence-corrected chi connectivity index (χ3v) is 7.50. The van der Waals surface area contributed by atoms with Crippen LogP contribution in [-0.2, 0) is 13.0 Å². The second-order valence-electron chi connectivity index (χ2n) is 8.67. The molecule has 4 heterocycles. The number of amides is 1. The van der Waals surface area contributed by atoms with Crippen LogP contribution in [0.15, 0.2) is 41.8 Å². The number of piperazine rings is 1. The molecule has 0 saturated carbocycles. The SMILES string of the molecule is CCN(C)c1nc(N2CCN(c3ccccc3F)CC2)nc2c1CN(C(=O)c1cccs1)CC2. The monoisotopic (exact) mass is 480 g/mol. The van der Waals surface area contributed by atoms with Gasteiger partial charge in [0.2, 0.25) is 5.95 Å². The van der Waals surface area contributed by atoms with Crippen LogP contribution in [-0.4, -0.2) is 67.1 Å². The molecule has 9 heteroatoms. The van der Waals surface area contributed by atoms with E-state index >= 15 is 0 Å². The van der Waals surface area contributed by atoms with Crippen LogP contribution in [0.5, 0.6) is 0 Å². The summed E-state index contributed by atoms with van der Waals surface area (Å²) in [4.78, 5) is 31.9. The molecule has 1 aromatic carbocycles. The quantitative estimate of drug-likeness (QED) is 0.556. The number of carbonyl (C=O) groups is 1. The number of nitrogens with zero attached hydrogens (tertiary/aromatic N) is 6. The fourth-order valence-corrected chi connectivity index (χ4v) is 5.27. The molecular formula is C25H29FN6OS. The molecule has 0 atom stereocenters. The number of hydrogen-bond donors (Lipinski definition) is 0. The number of thiophene rings is 1. The van der Waals surface area contributed by atoms with Crippen LogP contribution < -0.4 is 14.7 Å². The Morgan fingerprint density at radius 3 is 2.53 bits per heavy atom. The molecule has 0 aliphatic carbocycles. The van der Waals surface area contributed by atoms with Crippen molar-refractivity contribution in [1.29, 1.82) is 0 Å². The molecule has 1 amide bonds. The van der Waals surface area contributed by atoms with E-state index in [1.807, 2.05) is 41.6 Å². The normalized spacial score (nSPS) is 15.9. The van der Waals surface area contributed by atoms with E-state index in [-0.39, 0.29) is 11.7 Å². The van der Waals surface area contributed by atoms with Gasteiger partial charge in [-0.2, -0.15) is 4.98 Å². The van der Waals surface area contributed by atoms with Crippen molar-refractivity contribution in [2.75, 3.05) is 61.0 Å².